The first-order valence-corrected chi connectivity index (χ1v) is 5.39. The molecule has 1 aromatic carbocycles. The Hall–Kier alpha value is -2.08. The second-order valence-electron chi connectivity index (χ2n) is 4.53. The molecular weight excluding hydrogens is 215 g/mol. The predicted molar refractivity (Wildman–Crippen MR) is 64.8 cm³/mol. The van der Waals surface area contributed by atoms with E-state index in [2.05, 4.69) is 11.1 Å². The van der Waals surface area contributed by atoms with Crippen LogP contribution in [-0.4, -0.2) is 4.98 Å². The van der Waals surface area contributed by atoms with Crippen LogP contribution in [0.15, 0.2) is 36.4 Å². The zero-order valence-corrected chi connectivity index (χ0v) is 9.79. The van der Waals surface area contributed by atoms with Gasteiger partial charge >= 0.3 is 0 Å². The number of aromatic amines is 1. The maximum atomic E-state index is 12.8. The smallest absolute Gasteiger partial charge is 0.123 e. The van der Waals surface area contributed by atoms with Gasteiger partial charge < -0.3 is 4.98 Å². The van der Waals surface area contributed by atoms with Crippen molar-refractivity contribution in [2.45, 2.75) is 19.3 Å². The van der Waals surface area contributed by atoms with Crippen LogP contribution in [0.25, 0.3) is 11.3 Å². The van der Waals surface area contributed by atoms with E-state index in [4.69, 9.17) is 5.26 Å². The quantitative estimate of drug-likeness (QED) is 0.837. The van der Waals surface area contributed by atoms with Gasteiger partial charge in [0.25, 0.3) is 0 Å². The summed E-state index contributed by atoms with van der Waals surface area (Å²) in [6.45, 7) is 3.71. The fraction of sp³-hybridized carbons (Fsp3) is 0.214. The Bertz CT molecular complexity index is 559. The molecule has 17 heavy (non-hydrogen) atoms. The minimum Gasteiger partial charge on any atom is -0.357 e. The molecule has 2 rings (SSSR count). The van der Waals surface area contributed by atoms with Crippen molar-refractivity contribution in [3.63, 3.8) is 0 Å². The van der Waals surface area contributed by atoms with Gasteiger partial charge in [-0.2, -0.15) is 5.26 Å². The summed E-state index contributed by atoms with van der Waals surface area (Å²) in [5, 5.41) is 9.04. The summed E-state index contributed by atoms with van der Waals surface area (Å²) < 4.78 is 12.8. The van der Waals surface area contributed by atoms with E-state index >= 15 is 0 Å². The summed E-state index contributed by atoms with van der Waals surface area (Å²) in [5.74, 6) is -0.252. The lowest BCUT2D eigenvalue weighted by molar-refractivity contribution is 0.628. The summed E-state index contributed by atoms with van der Waals surface area (Å²) in [4.78, 5) is 3.20. The number of benzene rings is 1. The van der Waals surface area contributed by atoms with Gasteiger partial charge in [-0.1, -0.05) is 0 Å². The first kappa shape index (κ1) is 11.4. The molecule has 3 heteroatoms. The van der Waals surface area contributed by atoms with Crippen LogP contribution < -0.4 is 0 Å². The molecule has 0 fully saturated rings. The molecular formula is C14H13FN2. The third-order valence-electron chi connectivity index (χ3n) is 2.79. The maximum Gasteiger partial charge on any atom is 0.123 e. The minimum atomic E-state index is -0.543. The molecule has 1 N–H and O–H groups in total. The van der Waals surface area contributed by atoms with Gasteiger partial charge in [-0.05, 0) is 55.8 Å². The van der Waals surface area contributed by atoms with Gasteiger partial charge in [-0.25, -0.2) is 4.39 Å². The summed E-state index contributed by atoms with van der Waals surface area (Å²) in [7, 11) is 0. The number of hydrogen-bond acceptors (Lipinski definition) is 1. The highest BCUT2D eigenvalue weighted by Crippen LogP contribution is 2.25. The molecule has 86 valence electrons. The van der Waals surface area contributed by atoms with Crippen molar-refractivity contribution in [2.75, 3.05) is 0 Å². The Morgan fingerprint density at radius 2 is 1.76 bits per heavy atom. The molecule has 1 heterocycles. The molecule has 0 amide bonds. The van der Waals surface area contributed by atoms with Crippen LogP contribution in [0.3, 0.4) is 0 Å². The molecule has 2 nitrogen and oxygen atoms in total. The molecule has 0 unspecified atom stereocenters. The Balaban J connectivity index is 2.37. The Kier molecular flexibility index (Phi) is 2.72. The van der Waals surface area contributed by atoms with Gasteiger partial charge in [0.05, 0.1) is 11.5 Å². The van der Waals surface area contributed by atoms with Crippen LogP contribution >= 0.6 is 0 Å². The molecule has 0 aliphatic carbocycles. The normalized spacial score (nSPS) is 11.2. The van der Waals surface area contributed by atoms with E-state index in [1.165, 1.54) is 12.1 Å². The Morgan fingerprint density at radius 3 is 2.35 bits per heavy atom. The first-order chi connectivity index (χ1) is 8.03. The average molecular weight is 228 g/mol. The average Bonchev–Trinajstić information content (AvgIpc) is 2.80. The van der Waals surface area contributed by atoms with E-state index in [0.29, 0.717) is 0 Å². The lowest BCUT2D eigenvalue weighted by Crippen LogP contribution is -2.14. The van der Waals surface area contributed by atoms with Gasteiger partial charge in [0.15, 0.2) is 0 Å². The number of nitrogens with zero attached hydrogens (tertiary/aromatic N) is 1. The van der Waals surface area contributed by atoms with Gasteiger partial charge in [0.2, 0.25) is 0 Å². The molecule has 0 spiro atoms. The van der Waals surface area contributed by atoms with Gasteiger partial charge in [0, 0.05) is 11.4 Å². The highest BCUT2D eigenvalue weighted by molar-refractivity contribution is 5.60. The minimum absolute atomic E-state index is 0.252. The number of rotatable bonds is 2. The highest BCUT2D eigenvalue weighted by atomic mass is 19.1. The van der Waals surface area contributed by atoms with Crippen LogP contribution in [-0.2, 0) is 5.41 Å². The molecule has 0 bridgehead atoms. The first-order valence-electron chi connectivity index (χ1n) is 5.39. The van der Waals surface area contributed by atoms with Crippen LogP contribution in [0.4, 0.5) is 4.39 Å². The van der Waals surface area contributed by atoms with Crippen molar-refractivity contribution < 1.29 is 4.39 Å². The molecule has 0 aliphatic rings. The zero-order chi connectivity index (χ0) is 12.5. The largest absolute Gasteiger partial charge is 0.357 e. The van der Waals surface area contributed by atoms with Crippen molar-refractivity contribution in [2.24, 2.45) is 0 Å². The highest BCUT2D eigenvalue weighted by Gasteiger charge is 2.21. The lowest BCUT2D eigenvalue weighted by Gasteiger charge is -2.12. The number of nitriles is 1. The predicted octanol–water partition coefficient (Wildman–Crippen LogP) is 3.62. The van der Waals surface area contributed by atoms with Crippen LogP contribution in [0.1, 0.15) is 19.5 Å². The molecule has 0 radical (unpaired) electrons. The van der Waals surface area contributed by atoms with E-state index < -0.39 is 5.41 Å². The van der Waals surface area contributed by atoms with Gasteiger partial charge in [0.1, 0.15) is 5.82 Å². The van der Waals surface area contributed by atoms with E-state index in [-0.39, 0.29) is 5.82 Å². The third-order valence-corrected chi connectivity index (χ3v) is 2.79. The summed E-state index contributed by atoms with van der Waals surface area (Å²) in [6.07, 6.45) is 0. The third kappa shape index (κ3) is 2.21. The second kappa shape index (κ2) is 4.06. The molecule has 0 saturated heterocycles. The zero-order valence-electron chi connectivity index (χ0n) is 9.79. The number of aromatic nitrogens is 1. The number of H-pyrrole nitrogens is 1. The van der Waals surface area contributed by atoms with E-state index in [1.807, 2.05) is 26.0 Å². The van der Waals surface area contributed by atoms with Gasteiger partial charge in [-0.15, -0.1) is 0 Å². The van der Waals surface area contributed by atoms with Gasteiger partial charge in [-0.3, -0.25) is 0 Å². The van der Waals surface area contributed by atoms with Crippen molar-refractivity contribution in [3.8, 4) is 17.3 Å². The second-order valence-corrected chi connectivity index (χ2v) is 4.53. The van der Waals surface area contributed by atoms with Crippen LogP contribution in [0, 0.1) is 17.1 Å². The lowest BCUT2D eigenvalue weighted by atomic mass is 9.92. The monoisotopic (exact) mass is 228 g/mol. The fourth-order valence-corrected chi connectivity index (χ4v) is 1.62. The molecule has 1 aromatic heterocycles. The number of halogens is 1. The van der Waals surface area contributed by atoms with Crippen LogP contribution in [0.5, 0.6) is 0 Å². The fourth-order valence-electron chi connectivity index (χ4n) is 1.62. The topological polar surface area (TPSA) is 39.6 Å². The van der Waals surface area contributed by atoms with E-state index in [1.54, 1.807) is 12.1 Å². The summed E-state index contributed by atoms with van der Waals surface area (Å²) in [6, 6.07) is 12.3. The van der Waals surface area contributed by atoms with Crippen molar-refractivity contribution >= 4 is 0 Å². The molecule has 0 saturated carbocycles. The van der Waals surface area contributed by atoms with Crippen LogP contribution in [0.2, 0.25) is 0 Å². The number of nitrogens with one attached hydrogen (secondary N) is 1. The van der Waals surface area contributed by atoms with E-state index in [9.17, 15) is 4.39 Å². The Labute approximate surface area is 99.7 Å². The van der Waals surface area contributed by atoms with Crippen molar-refractivity contribution in [1.82, 2.24) is 4.98 Å². The molecule has 0 aliphatic heterocycles. The standard InChI is InChI=1S/C14H13FN2/c1-14(2,9-16)13-8-7-12(17-13)10-3-5-11(15)6-4-10/h3-8,17H,1-2H3. The number of hydrogen-bond donors (Lipinski definition) is 1. The summed E-state index contributed by atoms with van der Waals surface area (Å²) >= 11 is 0. The SMILES string of the molecule is CC(C)(C#N)c1ccc(-c2ccc(F)cc2)[nH]1. The molecule has 2 aromatic rings. The van der Waals surface area contributed by atoms with Crippen molar-refractivity contribution in [1.29, 1.82) is 5.26 Å². The van der Waals surface area contributed by atoms with Crippen molar-refractivity contribution in [3.05, 3.63) is 47.9 Å². The molecule has 0 atom stereocenters. The Morgan fingerprint density at radius 1 is 1.12 bits per heavy atom. The summed E-state index contributed by atoms with van der Waals surface area (Å²) in [5.41, 5.74) is 2.12. The maximum absolute atomic E-state index is 12.8. The van der Waals surface area contributed by atoms with E-state index in [0.717, 1.165) is 17.0 Å².